The van der Waals surface area contributed by atoms with Gasteiger partial charge in [-0.3, -0.25) is 14.4 Å². The van der Waals surface area contributed by atoms with Crippen LogP contribution in [0.2, 0.25) is 0 Å². The third kappa shape index (κ3) is 42.1. The van der Waals surface area contributed by atoms with Crippen LogP contribution < -0.4 is 0 Å². The van der Waals surface area contributed by atoms with E-state index in [0.29, 0.717) is 19.3 Å². The average Bonchev–Trinajstić information content (AvgIpc) is 3.18. The van der Waals surface area contributed by atoms with Crippen LogP contribution >= 0.6 is 0 Å². The highest BCUT2D eigenvalue weighted by molar-refractivity contribution is 5.71. The molecule has 0 fully saturated rings. The molecule has 0 spiro atoms. The van der Waals surface area contributed by atoms with Crippen LogP contribution in [-0.4, -0.2) is 37.2 Å². The zero-order chi connectivity index (χ0) is 40.1. The van der Waals surface area contributed by atoms with E-state index in [1.54, 1.807) is 0 Å². The van der Waals surface area contributed by atoms with Gasteiger partial charge in [0.2, 0.25) is 0 Å². The van der Waals surface area contributed by atoms with Gasteiger partial charge in [-0.25, -0.2) is 0 Å². The van der Waals surface area contributed by atoms with Crippen LogP contribution in [-0.2, 0) is 28.6 Å². The second kappa shape index (κ2) is 43.8. The molecular formula is C49H84O6. The molecule has 0 saturated heterocycles. The van der Waals surface area contributed by atoms with Gasteiger partial charge in [-0.05, 0) is 64.2 Å². The first-order chi connectivity index (χ1) is 27.0. The van der Waals surface area contributed by atoms with Gasteiger partial charge in [0.15, 0.2) is 6.10 Å². The van der Waals surface area contributed by atoms with Gasteiger partial charge in [-0.15, -0.1) is 0 Å². The van der Waals surface area contributed by atoms with Crippen molar-refractivity contribution < 1.29 is 28.6 Å². The lowest BCUT2D eigenvalue weighted by atomic mass is 10.1. The van der Waals surface area contributed by atoms with Gasteiger partial charge in [-0.2, -0.15) is 0 Å². The molecule has 316 valence electrons. The molecule has 0 amide bonds. The van der Waals surface area contributed by atoms with Crippen LogP contribution in [0.3, 0.4) is 0 Å². The summed E-state index contributed by atoms with van der Waals surface area (Å²) in [5, 5.41) is 0. The van der Waals surface area contributed by atoms with E-state index in [1.165, 1.54) is 70.6 Å². The highest BCUT2D eigenvalue weighted by atomic mass is 16.6. The molecule has 55 heavy (non-hydrogen) atoms. The van der Waals surface area contributed by atoms with E-state index in [9.17, 15) is 14.4 Å². The topological polar surface area (TPSA) is 78.9 Å². The van der Waals surface area contributed by atoms with Crippen LogP contribution in [0, 0.1) is 0 Å². The number of carbonyl (C=O) groups is 3. The molecule has 1 atom stereocenters. The summed E-state index contributed by atoms with van der Waals surface area (Å²) >= 11 is 0. The van der Waals surface area contributed by atoms with E-state index in [2.05, 4.69) is 81.5 Å². The molecule has 6 heteroatoms. The monoisotopic (exact) mass is 769 g/mol. The molecule has 0 heterocycles. The first kappa shape index (κ1) is 52.1. The number of unbranched alkanes of at least 4 members (excludes halogenated alkanes) is 22. The Labute approximate surface area is 339 Å². The van der Waals surface area contributed by atoms with Crippen molar-refractivity contribution in [2.24, 2.45) is 0 Å². The SMILES string of the molecule is CCCC/C=C\CCCCCCC(=O)OC(COC(=O)CCCCCCC\C=C/C=C\C=C/C=C\CCCCC)COC(=O)CCCCCCCCCCC. The molecule has 0 aliphatic heterocycles. The molecule has 0 rings (SSSR count). The van der Waals surface area contributed by atoms with Crippen molar-refractivity contribution in [1.29, 1.82) is 0 Å². The summed E-state index contributed by atoms with van der Waals surface area (Å²) in [4.78, 5) is 37.6. The lowest BCUT2D eigenvalue weighted by Crippen LogP contribution is -2.30. The molecule has 6 nitrogen and oxygen atoms in total. The van der Waals surface area contributed by atoms with Crippen molar-refractivity contribution in [3.63, 3.8) is 0 Å². The molecule has 1 unspecified atom stereocenters. The maximum atomic E-state index is 12.7. The Morgan fingerprint density at radius 2 is 0.691 bits per heavy atom. The lowest BCUT2D eigenvalue weighted by molar-refractivity contribution is -0.167. The zero-order valence-corrected chi connectivity index (χ0v) is 35.9. The maximum absolute atomic E-state index is 12.7. The van der Waals surface area contributed by atoms with Gasteiger partial charge in [0.05, 0.1) is 0 Å². The molecule has 0 saturated carbocycles. The first-order valence-electron chi connectivity index (χ1n) is 22.8. The van der Waals surface area contributed by atoms with Crippen molar-refractivity contribution >= 4 is 17.9 Å². The maximum Gasteiger partial charge on any atom is 0.306 e. The average molecular weight is 769 g/mol. The van der Waals surface area contributed by atoms with E-state index in [4.69, 9.17) is 14.2 Å². The van der Waals surface area contributed by atoms with Gasteiger partial charge in [-0.1, -0.05) is 191 Å². The fourth-order valence-corrected chi connectivity index (χ4v) is 6.08. The highest BCUT2D eigenvalue weighted by Gasteiger charge is 2.19. The van der Waals surface area contributed by atoms with Crippen molar-refractivity contribution in [1.82, 2.24) is 0 Å². The van der Waals surface area contributed by atoms with E-state index in [-0.39, 0.29) is 31.1 Å². The van der Waals surface area contributed by atoms with Gasteiger partial charge in [0.1, 0.15) is 13.2 Å². The Morgan fingerprint density at radius 1 is 0.364 bits per heavy atom. The summed E-state index contributed by atoms with van der Waals surface area (Å²) in [6.45, 7) is 6.49. The molecule has 0 N–H and O–H groups in total. The van der Waals surface area contributed by atoms with Crippen LogP contribution in [0.1, 0.15) is 213 Å². The molecule has 0 aromatic heterocycles. The Bertz CT molecular complexity index is 1020. The van der Waals surface area contributed by atoms with Crippen LogP contribution in [0.4, 0.5) is 0 Å². The predicted molar refractivity (Wildman–Crippen MR) is 233 cm³/mol. The minimum atomic E-state index is -0.784. The summed E-state index contributed by atoms with van der Waals surface area (Å²) in [7, 11) is 0. The Balaban J connectivity index is 4.38. The Hall–Kier alpha value is -2.89. The number of rotatable bonds is 40. The molecule has 0 aliphatic rings. The quantitative estimate of drug-likeness (QED) is 0.0203. The van der Waals surface area contributed by atoms with E-state index >= 15 is 0 Å². The first-order valence-corrected chi connectivity index (χ1v) is 22.8. The van der Waals surface area contributed by atoms with E-state index < -0.39 is 6.10 Å². The molecular weight excluding hydrogens is 685 g/mol. The largest absolute Gasteiger partial charge is 0.462 e. The Morgan fingerprint density at radius 3 is 1.16 bits per heavy atom. The van der Waals surface area contributed by atoms with Crippen LogP contribution in [0.25, 0.3) is 0 Å². The minimum absolute atomic E-state index is 0.0862. The summed E-state index contributed by atoms with van der Waals surface area (Å²) < 4.78 is 16.6. The van der Waals surface area contributed by atoms with Gasteiger partial charge in [0, 0.05) is 19.3 Å². The molecule has 0 radical (unpaired) electrons. The van der Waals surface area contributed by atoms with Gasteiger partial charge in [0.25, 0.3) is 0 Å². The number of allylic oxidation sites excluding steroid dienone is 10. The molecule has 0 aromatic rings. The fraction of sp³-hybridized carbons (Fsp3) is 0.735. The standard InChI is InChI=1S/C49H84O6/c1-4-7-10-13-16-19-21-22-23-24-25-26-27-28-31-33-36-39-42-48(51)54-45-46(44-53-47(50)41-38-35-32-29-18-15-12-9-6-3)55-49(52)43-40-37-34-30-20-17-14-11-8-5-2/h14,16-17,19,21-26,46H,4-13,15,18,20,27-45H2,1-3H3/b17-14-,19-16-,22-21-,24-23-,26-25-. The van der Waals surface area contributed by atoms with E-state index in [0.717, 1.165) is 103 Å². The minimum Gasteiger partial charge on any atom is -0.462 e. The van der Waals surface area contributed by atoms with Crippen molar-refractivity contribution in [3.8, 4) is 0 Å². The summed E-state index contributed by atoms with van der Waals surface area (Å²) in [5.74, 6) is -0.930. The number of hydrogen-bond donors (Lipinski definition) is 0. The summed E-state index contributed by atoms with van der Waals surface area (Å²) in [5.41, 5.74) is 0. The number of carbonyl (C=O) groups excluding carboxylic acids is 3. The molecule has 0 aliphatic carbocycles. The normalized spacial score (nSPS) is 12.6. The van der Waals surface area contributed by atoms with Gasteiger partial charge < -0.3 is 14.2 Å². The molecule has 0 aromatic carbocycles. The van der Waals surface area contributed by atoms with Crippen molar-refractivity contribution in [2.75, 3.05) is 13.2 Å². The third-order valence-corrected chi connectivity index (χ3v) is 9.59. The van der Waals surface area contributed by atoms with Crippen molar-refractivity contribution in [3.05, 3.63) is 60.8 Å². The number of hydrogen-bond acceptors (Lipinski definition) is 6. The molecule has 0 bridgehead atoms. The second-order valence-corrected chi connectivity index (χ2v) is 15.1. The number of esters is 3. The fourth-order valence-electron chi connectivity index (χ4n) is 6.08. The predicted octanol–water partition coefficient (Wildman–Crippen LogP) is 14.5. The zero-order valence-electron chi connectivity index (χ0n) is 35.9. The van der Waals surface area contributed by atoms with Gasteiger partial charge >= 0.3 is 17.9 Å². The summed E-state index contributed by atoms with van der Waals surface area (Å²) in [6, 6.07) is 0. The van der Waals surface area contributed by atoms with Crippen LogP contribution in [0.5, 0.6) is 0 Å². The second-order valence-electron chi connectivity index (χ2n) is 15.1. The summed E-state index contributed by atoms with van der Waals surface area (Å²) in [6.07, 6.45) is 52.0. The highest BCUT2D eigenvalue weighted by Crippen LogP contribution is 2.13. The lowest BCUT2D eigenvalue weighted by Gasteiger charge is -2.18. The Kier molecular flexibility index (Phi) is 41.5. The van der Waals surface area contributed by atoms with Crippen LogP contribution in [0.15, 0.2) is 60.8 Å². The number of ether oxygens (including phenoxy) is 3. The van der Waals surface area contributed by atoms with Crippen molar-refractivity contribution in [2.45, 2.75) is 219 Å². The third-order valence-electron chi connectivity index (χ3n) is 9.59. The smallest absolute Gasteiger partial charge is 0.306 e. The van der Waals surface area contributed by atoms with E-state index in [1.807, 2.05) is 0 Å².